The number of hydrogen-bond acceptors (Lipinski definition) is 4. The quantitative estimate of drug-likeness (QED) is 0.822. The zero-order chi connectivity index (χ0) is 15.4. The summed E-state index contributed by atoms with van der Waals surface area (Å²) in [7, 11) is 0. The highest BCUT2D eigenvalue weighted by Gasteiger charge is 2.14. The summed E-state index contributed by atoms with van der Waals surface area (Å²) in [6.45, 7) is 4.01. The Morgan fingerprint density at radius 1 is 1.29 bits per heavy atom. The van der Waals surface area contributed by atoms with Gasteiger partial charge in [-0.1, -0.05) is 17.7 Å². The first-order valence-electron chi connectivity index (χ1n) is 6.28. The monoisotopic (exact) mass is 321 g/mol. The van der Waals surface area contributed by atoms with Crippen LogP contribution in [0.5, 0.6) is 0 Å². The summed E-state index contributed by atoms with van der Waals surface area (Å²) in [5.74, 6) is -0.985. The number of nitrogens with one attached hydrogen (secondary N) is 1. The van der Waals surface area contributed by atoms with E-state index in [-0.39, 0.29) is 17.2 Å². The van der Waals surface area contributed by atoms with Crippen LogP contribution < -0.4 is 5.32 Å². The third-order valence-corrected chi connectivity index (χ3v) is 4.84. The molecule has 0 aliphatic carbocycles. The molecule has 2 N–H and O–H groups in total. The number of benzene rings is 1. The number of hydrogen-bond donors (Lipinski definition) is 2. The Labute approximate surface area is 131 Å². The molecular formula is C15H15NO3S2. The molecule has 1 aromatic carbocycles. The van der Waals surface area contributed by atoms with Crippen molar-refractivity contribution in [3.05, 3.63) is 46.3 Å². The molecule has 2 aromatic rings. The first-order chi connectivity index (χ1) is 9.97. The Morgan fingerprint density at radius 3 is 2.76 bits per heavy atom. The molecule has 21 heavy (non-hydrogen) atoms. The fraction of sp³-hybridized carbons (Fsp3) is 0.200. The second kappa shape index (κ2) is 6.78. The van der Waals surface area contributed by atoms with Crippen LogP contribution in [0.25, 0.3) is 0 Å². The molecule has 0 bridgehead atoms. The topological polar surface area (TPSA) is 66.4 Å². The Morgan fingerprint density at radius 2 is 2.05 bits per heavy atom. The maximum atomic E-state index is 11.9. The normalized spacial score (nSPS) is 10.4. The second-order valence-electron chi connectivity index (χ2n) is 4.57. The number of carbonyl (C=O) groups excluding carboxylic acids is 1. The van der Waals surface area contributed by atoms with Crippen LogP contribution in [0.4, 0.5) is 5.00 Å². The lowest BCUT2D eigenvalue weighted by atomic mass is 10.2. The van der Waals surface area contributed by atoms with E-state index in [0.717, 1.165) is 16.0 Å². The minimum absolute atomic E-state index is 0.130. The van der Waals surface area contributed by atoms with E-state index in [1.165, 1.54) is 29.2 Å². The van der Waals surface area contributed by atoms with Gasteiger partial charge in [-0.3, -0.25) is 4.79 Å². The van der Waals surface area contributed by atoms with E-state index in [2.05, 4.69) is 5.32 Å². The van der Waals surface area contributed by atoms with Crippen molar-refractivity contribution >= 4 is 40.0 Å². The highest BCUT2D eigenvalue weighted by atomic mass is 32.2. The van der Waals surface area contributed by atoms with Crippen molar-refractivity contribution in [3.63, 3.8) is 0 Å². The SMILES string of the molecule is Cc1ccc(C)c(SCC(=O)Nc2sccc2C(=O)O)c1. The predicted octanol–water partition coefficient (Wildman–Crippen LogP) is 3.79. The van der Waals surface area contributed by atoms with E-state index in [9.17, 15) is 9.59 Å². The molecular weight excluding hydrogens is 306 g/mol. The Hall–Kier alpha value is -1.79. The minimum Gasteiger partial charge on any atom is -0.478 e. The van der Waals surface area contributed by atoms with Crippen molar-refractivity contribution in [2.45, 2.75) is 18.7 Å². The predicted molar refractivity (Wildman–Crippen MR) is 86.5 cm³/mol. The smallest absolute Gasteiger partial charge is 0.338 e. The highest BCUT2D eigenvalue weighted by Crippen LogP contribution is 2.26. The van der Waals surface area contributed by atoms with E-state index < -0.39 is 5.97 Å². The molecule has 4 nitrogen and oxygen atoms in total. The van der Waals surface area contributed by atoms with Gasteiger partial charge in [0.1, 0.15) is 5.00 Å². The molecule has 1 aromatic heterocycles. The molecule has 2 rings (SSSR count). The zero-order valence-corrected chi connectivity index (χ0v) is 13.3. The van der Waals surface area contributed by atoms with E-state index >= 15 is 0 Å². The summed E-state index contributed by atoms with van der Waals surface area (Å²) in [6.07, 6.45) is 0. The molecule has 0 unspecified atom stereocenters. The van der Waals surface area contributed by atoms with Crippen molar-refractivity contribution in [1.29, 1.82) is 0 Å². The number of rotatable bonds is 5. The van der Waals surface area contributed by atoms with E-state index in [4.69, 9.17) is 5.11 Å². The molecule has 0 fully saturated rings. The van der Waals surface area contributed by atoms with Gasteiger partial charge in [0.05, 0.1) is 11.3 Å². The van der Waals surface area contributed by atoms with Gasteiger partial charge in [0.25, 0.3) is 0 Å². The lowest BCUT2D eigenvalue weighted by Gasteiger charge is -2.07. The molecule has 0 radical (unpaired) electrons. The minimum atomic E-state index is -1.03. The maximum absolute atomic E-state index is 11.9. The fourth-order valence-corrected chi connectivity index (χ4v) is 3.46. The van der Waals surface area contributed by atoms with Gasteiger partial charge in [-0.25, -0.2) is 4.79 Å². The number of thioether (sulfide) groups is 1. The molecule has 110 valence electrons. The Balaban J connectivity index is 1.98. The Kier molecular flexibility index (Phi) is 5.03. The van der Waals surface area contributed by atoms with Crippen molar-refractivity contribution in [2.24, 2.45) is 0 Å². The molecule has 1 heterocycles. The van der Waals surface area contributed by atoms with Crippen LogP contribution in [0.1, 0.15) is 21.5 Å². The van der Waals surface area contributed by atoms with Crippen LogP contribution in [0.3, 0.4) is 0 Å². The third kappa shape index (κ3) is 4.09. The number of aromatic carboxylic acids is 1. The molecule has 6 heteroatoms. The number of amides is 1. The summed E-state index contributed by atoms with van der Waals surface area (Å²) in [4.78, 5) is 24.0. The maximum Gasteiger partial charge on any atom is 0.338 e. The fourth-order valence-electron chi connectivity index (χ4n) is 1.74. The molecule has 0 saturated heterocycles. The Bertz CT molecular complexity index is 679. The number of thiophene rings is 1. The molecule has 0 spiro atoms. The first-order valence-corrected chi connectivity index (χ1v) is 8.14. The number of aryl methyl sites for hydroxylation is 2. The number of carbonyl (C=O) groups is 2. The summed E-state index contributed by atoms with van der Waals surface area (Å²) in [5.41, 5.74) is 2.40. The van der Waals surface area contributed by atoms with Crippen molar-refractivity contribution in [1.82, 2.24) is 0 Å². The van der Waals surface area contributed by atoms with Crippen molar-refractivity contribution in [3.8, 4) is 0 Å². The van der Waals surface area contributed by atoms with Crippen LogP contribution in [0, 0.1) is 13.8 Å². The summed E-state index contributed by atoms with van der Waals surface area (Å²) >= 11 is 2.66. The van der Waals surface area contributed by atoms with Gasteiger partial charge in [-0.2, -0.15) is 0 Å². The zero-order valence-electron chi connectivity index (χ0n) is 11.7. The number of carboxylic acid groups (broad SMARTS) is 1. The van der Waals surface area contributed by atoms with Crippen molar-refractivity contribution in [2.75, 3.05) is 11.1 Å². The molecule has 0 atom stereocenters. The summed E-state index contributed by atoms with van der Waals surface area (Å²) in [6, 6.07) is 7.59. The van der Waals surface area contributed by atoms with Gasteiger partial charge in [0, 0.05) is 4.90 Å². The van der Waals surface area contributed by atoms with E-state index in [0.29, 0.717) is 5.00 Å². The highest BCUT2D eigenvalue weighted by molar-refractivity contribution is 8.00. The van der Waals surface area contributed by atoms with E-state index in [1.807, 2.05) is 32.0 Å². The van der Waals surface area contributed by atoms with Crippen molar-refractivity contribution < 1.29 is 14.7 Å². The van der Waals surface area contributed by atoms with Gasteiger partial charge in [0.2, 0.25) is 5.91 Å². The molecule has 0 saturated carbocycles. The van der Waals surface area contributed by atoms with Gasteiger partial charge in [0.15, 0.2) is 0 Å². The van der Waals surface area contributed by atoms with Crippen LogP contribution >= 0.6 is 23.1 Å². The van der Waals surface area contributed by atoms with Crippen LogP contribution in [0.15, 0.2) is 34.5 Å². The second-order valence-corrected chi connectivity index (χ2v) is 6.51. The number of anilines is 1. The summed E-state index contributed by atoms with van der Waals surface area (Å²) in [5, 5.41) is 13.7. The first kappa shape index (κ1) is 15.6. The number of carboxylic acids is 1. The average molecular weight is 321 g/mol. The van der Waals surface area contributed by atoms with Gasteiger partial charge < -0.3 is 10.4 Å². The lowest BCUT2D eigenvalue weighted by molar-refractivity contribution is -0.113. The average Bonchev–Trinajstić information content (AvgIpc) is 2.88. The van der Waals surface area contributed by atoms with Gasteiger partial charge in [-0.05, 0) is 36.9 Å². The van der Waals surface area contributed by atoms with Gasteiger partial charge >= 0.3 is 5.97 Å². The van der Waals surface area contributed by atoms with Crippen LogP contribution in [-0.4, -0.2) is 22.7 Å². The van der Waals surface area contributed by atoms with E-state index in [1.54, 1.807) is 5.38 Å². The largest absolute Gasteiger partial charge is 0.478 e. The van der Waals surface area contributed by atoms with Crippen LogP contribution in [0.2, 0.25) is 0 Å². The summed E-state index contributed by atoms with van der Waals surface area (Å²) < 4.78 is 0. The lowest BCUT2D eigenvalue weighted by Crippen LogP contribution is -2.15. The molecule has 0 aliphatic rings. The van der Waals surface area contributed by atoms with Gasteiger partial charge in [-0.15, -0.1) is 23.1 Å². The van der Waals surface area contributed by atoms with Crippen LogP contribution in [-0.2, 0) is 4.79 Å². The third-order valence-electron chi connectivity index (χ3n) is 2.85. The standard InChI is InChI=1S/C15H15NO3S2/c1-9-3-4-10(2)12(7-9)21-8-13(17)16-14-11(15(18)19)5-6-20-14/h3-7H,8H2,1-2H3,(H,16,17)(H,18,19). The molecule has 0 aliphatic heterocycles. The molecule has 1 amide bonds.